The molecule has 1 fully saturated rings. The van der Waals surface area contributed by atoms with Crippen molar-refractivity contribution in [3.05, 3.63) is 59.0 Å². The van der Waals surface area contributed by atoms with Crippen LogP contribution in [0.2, 0.25) is 0 Å². The van der Waals surface area contributed by atoms with Crippen molar-refractivity contribution in [3.8, 4) is 0 Å². The first kappa shape index (κ1) is 12.7. The van der Waals surface area contributed by atoms with Crippen molar-refractivity contribution >= 4 is 28.8 Å². The smallest absolute Gasteiger partial charge is 0.0483 e. The van der Waals surface area contributed by atoms with Gasteiger partial charge in [0.1, 0.15) is 0 Å². The van der Waals surface area contributed by atoms with E-state index in [-0.39, 0.29) is 17.0 Å². The zero-order chi connectivity index (χ0) is 11.9. The van der Waals surface area contributed by atoms with E-state index in [1.807, 2.05) is 0 Å². The van der Waals surface area contributed by atoms with Crippen LogP contribution in [0.25, 0.3) is 11.8 Å². The Hall–Kier alpha value is -1.28. The van der Waals surface area contributed by atoms with E-state index in [0.29, 0.717) is 17.9 Å². The quantitative estimate of drug-likeness (QED) is 0.774. The number of rotatable bonds is 0. The summed E-state index contributed by atoms with van der Waals surface area (Å²) in [7, 11) is 0. The molecule has 0 bridgehead atoms. The number of hydrogen-bond donors (Lipinski definition) is 1. The highest BCUT2D eigenvalue weighted by molar-refractivity contribution is 8.93. The van der Waals surface area contributed by atoms with E-state index >= 15 is 0 Å². The van der Waals surface area contributed by atoms with Gasteiger partial charge in [0, 0.05) is 18.2 Å². The van der Waals surface area contributed by atoms with Crippen LogP contribution in [-0.4, -0.2) is 6.04 Å². The largest absolute Gasteiger partial charge is 0.384 e. The minimum atomic E-state index is 0. The molecule has 1 aromatic rings. The standard InChI is InChI=1S/C17H17N.BrH/c1-3-7-14-12(5-1)9-10-16-17(14)15-8-4-2-6-13(15)11-18-16;/h1-8,11-12,14,16,18H,9-10H2;1H. The molecule has 0 aromatic heterocycles. The number of halogens is 1. The molecule has 1 aliphatic heterocycles. The zero-order valence-electron chi connectivity index (χ0n) is 10.8. The normalized spacial score (nSPS) is 30.1. The molecule has 1 N–H and O–H groups in total. The van der Waals surface area contributed by atoms with Gasteiger partial charge in [0.15, 0.2) is 0 Å². The lowest BCUT2D eigenvalue weighted by Crippen LogP contribution is -2.47. The molecule has 1 nitrogen and oxygen atoms in total. The molecule has 1 saturated carbocycles. The number of hydrogen-bond acceptors (Lipinski definition) is 1. The summed E-state index contributed by atoms with van der Waals surface area (Å²) in [6.07, 6.45) is 13.9. The molecule has 3 aliphatic rings. The molecule has 0 amide bonds. The molecular weight excluding hydrogens is 298 g/mol. The van der Waals surface area contributed by atoms with Gasteiger partial charge in [-0.3, -0.25) is 0 Å². The number of allylic oxidation sites excluding steroid dienone is 4. The minimum absolute atomic E-state index is 0. The van der Waals surface area contributed by atoms with Crippen molar-refractivity contribution in [2.75, 3.05) is 0 Å². The molecule has 0 radical (unpaired) electrons. The minimum Gasteiger partial charge on any atom is -0.384 e. The number of benzene rings is 1. The fourth-order valence-corrected chi connectivity index (χ4v) is 3.63. The first-order valence-electron chi connectivity index (χ1n) is 6.84. The van der Waals surface area contributed by atoms with Gasteiger partial charge in [-0.1, -0.05) is 48.6 Å². The predicted molar refractivity (Wildman–Crippen MR) is 85.3 cm³/mol. The monoisotopic (exact) mass is 315 g/mol. The van der Waals surface area contributed by atoms with Crippen LogP contribution in [-0.2, 0) is 0 Å². The zero-order valence-corrected chi connectivity index (χ0v) is 12.5. The van der Waals surface area contributed by atoms with E-state index in [9.17, 15) is 0 Å². The lowest BCUT2D eigenvalue weighted by molar-refractivity contribution is 0.409. The Morgan fingerprint density at radius 3 is 2.79 bits per heavy atom. The van der Waals surface area contributed by atoms with Gasteiger partial charge in [-0.25, -0.2) is 0 Å². The molecular formula is C17H18BrN. The van der Waals surface area contributed by atoms with E-state index in [1.165, 1.54) is 23.3 Å². The maximum atomic E-state index is 3.59. The topological polar surface area (TPSA) is 12.0 Å². The maximum absolute atomic E-state index is 3.59. The van der Waals surface area contributed by atoms with Gasteiger partial charge in [0.2, 0.25) is 0 Å². The summed E-state index contributed by atoms with van der Waals surface area (Å²) >= 11 is 0. The maximum Gasteiger partial charge on any atom is 0.0483 e. The van der Waals surface area contributed by atoms with E-state index in [0.717, 1.165) is 0 Å². The van der Waals surface area contributed by atoms with Crippen molar-refractivity contribution in [2.24, 2.45) is 11.8 Å². The van der Waals surface area contributed by atoms with E-state index in [1.54, 1.807) is 5.57 Å². The summed E-state index contributed by atoms with van der Waals surface area (Å²) in [5.74, 6) is 1.30. The van der Waals surface area contributed by atoms with Gasteiger partial charge < -0.3 is 5.32 Å². The van der Waals surface area contributed by atoms with Crippen LogP contribution in [0.5, 0.6) is 0 Å². The first-order chi connectivity index (χ1) is 8.93. The van der Waals surface area contributed by atoms with E-state index in [2.05, 4.69) is 60.1 Å². The predicted octanol–water partition coefficient (Wildman–Crippen LogP) is 2.28. The van der Waals surface area contributed by atoms with Gasteiger partial charge in [-0.05, 0) is 34.8 Å². The highest BCUT2D eigenvalue weighted by Crippen LogP contribution is 2.38. The van der Waals surface area contributed by atoms with Crippen molar-refractivity contribution < 1.29 is 0 Å². The Bertz CT molecular complexity index is 656. The Balaban J connectivity index is 0.00000110. The third-order valence-electron chi connectivity index (χ3n) is 4.48. The fraction of sp³-hybridized carbons (Fsp3) is 0.294. The Labute approximate surface area is 124 Å². The molecule has 19 heavy (non-hydrogen) atoms. The van der Waals surface area contributed by atoms with Crippen LogP contribution in [0.3, 0.4) is 0 Å². The lowest BCUT2D eigenvalue weighted by Gasteiger charge is -2.39. The van der Waals surface area contributed by atoms with Gasteiger partial charge in [0.25, 0.3) is 0 Å². The molecule has 3 unspecified atom stereocenters. The molecule has 3 atom stereocenters. The SMILES string of the molecule is Br.C1=CC2CCC3NC=c4ccccc4=C3C2C=C1. The van der Waals surface area contributed by atoms with Gasteiger partial charge >= 0.3 is 0 Å². The Kier molecular flexibility index (Phi) is 3.36. The summed E-state index contributed by atoms with van der Waals surface area (Å²) in [6.45, 7) is 0. The summed E-state index contributed by atoms with van der Waals surface area (Å²) in [4.78, 5) is 0. The Morgan fingerprint density at radius 2 is 1.84 bits per heavy atom. The molecule has 0 spiro atoms. The van der Waals surface area contributed by atoms with Crippen LogP contribution in [0.1, 0.15) is 12.8 Å². The van der Waals surface area contributed by atoms with Crippen LogP contribution in [0.15, 0.2) is 48.6 Å². The highest BCUT2D eigenvalue weighted by Gasteiger charge is 2.33. The molecule has 0 saturated heterocycles. The van der Waals surface area contributed by atoms with Crippen molar-refractivity contribution in [2.45, 2.75) is 18.9 Å². The van der Waals surface area contributed by atoms with Gasteiger partial charge in [-0.2, -0.15) is 0 Å². The van der Waals surface area contributed by atoms with Gasteiger partial charge in [-0.15, -0.1) is 17.0 Å². The second-order valence-corrected chi connectivity index (χ2v) is 5.44. The van der Waals surface area contributed by atoms with Crippen molar-refractivity contribution in [1.29, 1.82) is 0 Å². The number of nitrogens with one attached hydrogen (secondary N) is 1. The molecule has 1 aromatic carbocycles. The summed E-state index contributed by atoms with van der Waals surface area (Å²) in [6, 6.07) is 9.31. The highest BCUT2D eigenvalue weighted by atomic mass is 79.9. The van der Waals surface area contributed by atoms with E-state index < -0.39 is 0 Å². The Morgan fingerprint density at radius 1 is 1.00 bits per heavy atom. The average Bonchev–Trinajstić information content (AvgIpc) is 2.46. The number of fused-ring (bicyclic) bond motifs is 4. The van der Waals surface area contributed by atoms with Crippen molar-refractivity contribution in [1.82, 2.24) is 5.32 Å². The van der Waals surface area contributed by atoms with Crippen LogP contribution < -0.4 is 15.8 Å². The average molecular weight is 316 g/mol. The van der Waals surface area contributed by atoms with Gasteiger partial charge in [0.05, 0.1) is 0 Å². The molecule has 98 valence electrons. The molecule has 4 rings (SSSR count). The third-order valence-corrected chi connectivity index (χ3v) is 4.48. The van der Waals surface area contributed by atoms with Crippen molar-refractivity contribution in [3.63, 3.8) is 0 Å². The molecule has 2 heteroatoms. The second kappa shape index (κ2) is 5.01. The first-order valence-corrected chi connectivity index (χ1v) is 6.84. The molecule has 2 aliphatic carbocycles. The van der Waals surface area contributed by atoms with Crippen LogP contribution >= 0.6 is 17.0 Å². The second-order valence-electron chi connectivity index (χ2n) is 5.44. The summed E-state index contributed by atoms with van der Waals surface area (Å²) < 4.78 is 0. The summed E-state index contributed by atoms with van der Waals surface area (Å²) in [5.41, 5.74) is 1.60. The summed E-state index contributed by atoms with van der Waals surface area (Å²) in [5, 5.41) is 6.38. The third kappa shape index (κ3) is 1.99. The van der Waals surface area contributed by atoms with Crippen LogP contribution in [0, 0.1) is 11.8 Å². The fourth-order valence-electron chi connectivity index (χ4n) is 3.63. The lowest BCUT2D eigenvalue weighted by atomic mass is 9.70. The van der Waals surface area contributed by atoms with E-state index in [4.69, 9.17) is 0 Å². The van der Waals surface area contributed by atoms with Crippen LogP contribution in [0.4, 0.5) is 0 Å². The molecule has 1 heterocycles.